The molecule has 0 bridgehead atoms. The molecule has 0 unspecified atom stereocenters. The van der Waals surface area contributed by atoms with E-state index in [-0.39, 0.29) is 0 Å². The van der Waals surface area contributed by atoms with E-state index < -0.39 is 0 Å². The van der Waals surface area contributed by atoms with Gasteiger partial charge >= 0.3 is 0 Å². The summed E-state index contributed by atoms with van der Waals surface area (Å²) in [6, 6.07) is 2.06. The number of anilines is 1. The maximum absolute atomic E-state index is 4.57. The van der Waals surface area contributed by atoms with Crippen LogP contribution in [0.4, 0.5) is 5.82 Å². The molecule has 2 N–H and O–H groups in total. The van der Waals surface area contributed by atoms with Crippen LogP contribution in [0.15, 0.2) is 18.6 Å². The quantitative estimate of drug-likeness (QED) is 0.759. The summed E-state index contributed by atoms with van der Waals surface area (Å²) in [7, 11) is 0. The van der Waals surface area contributed by atoms with Crippen LogP contribution in [-0.2, 0) is 12.8 Å². The van der Waals surface area contributed by atoms with Crippen LogP contribution in [0.5, 0.6) is 0 Å². The predicted octanol–water partition coefficient (Wildman–Crippen LogP) is 2.16. The van der Waals surface area contributed by atoms with Crippen molar-refractivity contribution >= 4 is 16.9 Å². The maximum Gasteiger partial charge on any atom is 0.142 e. The minimum absolute atomic E-state index is 0.710. The SMILES string of the molecule is c1nc(N2CCc3[nH]nc(C4CC4)c3CC2)c2cc[nH]c2n1. The lowest BCUT2D eigenvalue weighted by Crippen LogP contribution is -2.27. The van der Waals surface area contributed by atoms with Crippen molar-refractivity contribution in [1.29, 1.82) is 0 Å². The molecule has 0 amide bonds. The second-order valence-corrected chi connectivity index (χ2v) is 6.26. The van der Waals surface area contributed by atoms with Crippen LogP contribution in [0.1, 0.15) is 35.7 Å². The minimum atomic E-state index is 0.710. The molecule has 2 aliphatic rings. The normalized spacial score (nSPS) is 18.5. The van der Waals surface area contributed by atoms with E-state index in [0.29, 0.717) is 5.92 Å². The molecule has 0 aromatic carbocycles. The highest BCUT2D eigenvalue weighted by Crippen LogP contribution is 2.41. The Morgan fingerprint density at radius 2 is 2.05 bits per heavy atom. The summed E-state index contributed by atoms with van der Waals surface area (Å²) in [6.45, 7) is 1.96. The molecule has 0 spiro atoms. The molecule has 22 heavy (non-hydrogen) atoms. The largest absolute Gasteiger partial charge is 0.355 e. The fourth-order valence-corrected chi connectivity index (χ4v) is 3.53. The topological polar surface area (TPSA) is 73.5 Å². The van der Waals surface area contributed by atoms with Crippen molar-refractivity contribution in [3.05, 3.63) is 35.5 Å². The number of aromatic nitrogens is 5. The number of aromatic amines is 2. The van der Waals surface area contributed by atoms with Crippen LogP contribution < -0.4 is 4.90 Å². The van der Waals surface area contributed by atoms with E-state index in [1.165, 1.54) is 29.8 Å². The summed E-state index contributed by atoms with van der Waals surface area (Å²) in [4.78, 5) is 14.4. The zero-order valence-corrected chi connectivity index (χ0v) is 12.3. The van der Waals surface area contributed by atoms with Gasteiger partial charge in [-0.3, -0.25) is 5.10 Å². The third-order valence-corrected chi connectivity index (χ3v) is 4.84. The monoisotopic (exact) mass is 294 g/mol. The first kappa shape index (κ1) is 12.2. The molecule has 0 radical (unpaired) electrons. The lowest BCUT2D eigenvalue weighted by Gasteiger charge is -2.21. The van der Waals surface area contributed by atoms with Gasteiger partial charge in [0.1, 0.15) is 17.8 Å². The minimum Gasteiger partial charge on any atom is -0.355 e. The third-order valence-electron chi connectivity index (χ3n) is 4.84. The molecule has 5 rings (SSSR count). The zero-order chi connectivity index (χ0) is 14.5. The van der Waals surface area contributed by atoms with Gasteiger partial charge in [-0.1, -0.05) is 0 Å². The number of fused-ring (bicyclic) bond motifs is 2. The van der Waals surface area contributed by atoms with Gasteiger partial charge in [-0.25, -0.2) is 9.97 Å². The third kappa shape index (κ3) is 1.83. The van der Waals surface area contributed by atoms with Crippen LogP contribution >= 0.6 is 0 Å². The predicted molar refractivity (Wildman–Crippen MR) is 84.1 cm³/mol. The lowest BCUT2D eigenvalue weighted by molar-refractivity contribution is 0.774. The summed E-state index contributed by atoms with van der Waals surface area (Å²) in [5, 5.41) is 8.95. The Labute approximate surface area is 128 Å². The molecule has 4 heterocycles. The summed E-state index contributed by atoms with van der Waals surface area (Å²) < 4.78 is 0. The Kier molecular flexibility index (Phi) is 2.53. The average molecular weight is 294 g/mol. The van der Waals surface area contributed by atoms with Gasteiger partial charge in [0.05, 0.1) is 11.1 Å². The first-order chi connectivity index (χ1) is 10.9. The van der Waals surface area contributed by atoms with Crippen LogP contribution in [0.25, 0.3) is 11.0 Å². The van der Waals surface area contributed by atoms with E-state index >= 15 is 0 Å². The van der Waals surface area contributed by atoms with Gasteiger partial charge in [0.15, 0.2) is 0 Å². The second-order valence-electron chi connectivity index (χ2n) is 6.26. The summed E-state index contributed by atoms with van der Waals surface area (Å²) in [5.74, 6) is 1.75. The Hall–Kier alpha value is -2.37. The van der Waals surface area contributed by atoms with E-state index in [1.807, 2.05) is 6.20 Å². The van der Waals surface area contributed by atoms with Crippen LogP contribution in [0.2, 0.25) is 0 Å². The first-order valence-corrected chi connectivity index (χ1v) is 7.99. The highest BCUT2D eigenvalue weighted by molar-refractivity contribution is 5.87. The summed E-state index contributed by atoms with van der Waals surface area (Å²) in [6.07, 6.45) is 8.24. The fraction of sp³-hybridized carbons (Fsp3) is 0.438. The molecular weight excluding hydrogens is 276 g/mol. The van der Waals surface area contributed by atoms with Gasteiger partial charge in [-0.15, -0.1) is 0 Å². The van der Waals surface area contributed by atoms with E-state index in [9.17, 15) is 0 Å². The molecule has 3 aromatic rings. The summed E-state index contributed by atoms with van der Waals surface area (Å²) >= 11 is 0. The standard InChI is InChI=1S/C16H18N6/c1-2-10(1)14-11-4-7-22(8-5-13(11)20-21-14)16-12-3-6-17-15(12)18-9-19-16/h3,6,9-10H,1-2,4-5,7-8H2,(H,20,21)(H,17,18,19). The van der Waals surface area contributed by atoms with Crippen LogP contribution in [-0.4, -0.2) is 38.2 Å². The van der Waals surface area contributed by atoms with E-state index in [2.05, 4.69) is 36.1 Å². The molecule has 3 aromatic heterocycles. The van der Waals surface area contributed by atoms with E-state index in [0.717, 1.165) is 42.8 Å². The van der Waals surface area contributed by atoms with Gasteiger partial charge < -0.3 is 9.88 Å². The molecule has 112 valence electrons. The molecular formula is C16H18N6. The summed E-state index contributed by atoms with van der Waals surface area (Å²) in [5.41, 5.74) is 5.02. The van der Waals surface area contributed by atoms with E-state index in [1.54, 1.807) is 6.33 Å². The Morgan fingerprint density at radius 3 is 2.95 bits per heavy atom. The zero-order valence-electron chi connectivity index (χ0n) is 12.3. The average Bonchev–Trinajstić information content (AvgIpc) is 3.20. The fourth-order valence-electron chi connectivity index (χ4n) is 3.53. The highest BCUT2D eigenvalue weighted by atomic mass is 15.2. The van der Waals surface area contributed by atoms with Crippen LogP contribution in [0, 0.1) is 0 Å². The lowest BCUT2D eigenvalue weighted by atomic mass is 10.1. The number of H-pyrrole nitrogens is 2. The molecule has 1 aliphatic carbocycles. The van der Waals surface area contributed by atoms with Gasteiger partial charge in [0.2, 0.25) is 0 Å². The van der Waals surface area contributed by atoms with Crippen molar-refractivity contribution in [1.82, 2.24) is 25.1 Å². The van der Waals surface area contributed by atoms with Crippen molar-refractivity contribution in [3.63, 3.8) is 0 Å². The van der Waals surface area contributed by atoms with E-state index in [4.69, 9.17) is 0 Å². The molecule has 0 atom stereocenters. The maximum atomic E-state index is 4.57. The second kappa shape index (κ2) is 4.56. The number of hydrogen-bond donors (Lipinski definition) is 2. The molecule has 6 nitrogen and oxygen atoms in total. The van der Waals surface area contributed by atoms with Gasteiger partial charge in [-0.2, -0.15) is 5.10 Å². The number of nitrogens with one attached hydrogen (secondary N) is 2. The Morgan fingerprint density at radius 1 is 1.14 bits per heavy atom. The van der Waals surface area contributed by atoms with Gasteiger partial charge in [0.25, 0.3) is 0 Å². The smallest absolute Gasteiger partial charge is 0.142 e. The van der Waals surface area contributed by atoms with Crippen LogP contribution in [0.3, 0.4) is 0 Å². The van der Waals surface area contributed by atoms with Gasteiger partial charge in [-0.05, 0) is 30.9 Å². The number of rotatable bonds is 2. The highest BCUT2D eigenvalue weighted by Gasteiger charge is 2.31. The first-order valence-electron chi connectivity index (χ1n) is 7.99. The van der Waals surface area contributed by atoms with Crippen molar-refractivity contribution < 1.29 is 0 Å². The van der Waals surface area contributed by atoms with Crippen molar-refractivity contribution in [3.8, 4) is 0 Å². The molecule has 1 aliphatic heterocycles. The number of hydrogen-bond acceptors (Lipinski definition) is 4. The van der Waals surface area contributed by atoms with Crippen molar-refractivity contribution in [2.24, 2.45) is 0 Å². The molecule has 0 saturated heterocycles. The Balaban J connectivity index is 1.48. The number of nitrogens with zero attached hydrogens (tertiary/aromatic N) is 4. The molecule has 1 fully saturated rings. The van der Waals surface area contributed by atoms with Crippen molar-refractivity contribution in [2.75, 3.05) is 18.0 Å². The van der Waals surface area contributed by atoms with Gasteiger partial charge in [0, 0.05) is 37.3 Å². The molecule has 1 saturated carbocycles. The van der Waals surface area contributed by atoms with Crippen molar-refractivity contribution in [2.45, 2.75) is 31.6 Å². The Bertz CT molecular complexity index is 828. The molecule has 6 heteroatoms.